The average molecular weight is 502 g/mol. The molecule has 1 fully saturated rings. The van der Waals surface area contributed by atoms with Crippen molar-refractivity contribution in [2.45, 2.75) is 6.61 Å². The molecule has 1 saturated heterocycles. The van der Waals surface area contributed by atoms with Crippen molar-refractivity contribution in [2.24, 2.45) is 0 Å². The van der Waals surface area contributed by atoms with Gasteiger partial charge in [0, 0.05) is 29.9 Å². The third-order valence-corrected chi connectivity index (χ3v) is 7.00. The maximum absolute atomic E-state index is 13.9. The molecule has 0 spiro atoms. The molecule has 1 aliphatic rings. The second-order valence-electron chi connectivity index (χ2n) is 7.86. The van der Waals surface area contributed by atoms with E-state index in [1.54, 1.807) is 29.9 Å². The van der Waals surface area contributed by atoms with Crippen LogP contribution in [0.15, 0.2) is 90.0 Å². The van der Waals surface area contributed by atoms with Gasteiger partial charge < -0.3 is 4.74 Å². The molecule has 0 bridgehead atoms. The van der Waals surface area contributed by atoms with Crippen LogP contribution in [0.25, 0.3) is 23.0 Å². The minimum Gasteiger partial charge on any atom is -0.489 e. The van der Waals surface area contributed by atoms with Gasteiger partial charge in [-0.25, -0.2) is 9.07 Å². The van der Waals surface area contributed by atoms with Gasteiger partial charge in [0.1, 0.15) is 22.5 Å². The number of thiocarbonyl (C=S) groups is 1. The molecular weight excluding hydrogens is 481 g/mol. The first-order valence-electron chi connectivity index (χ1n) is 10.8. The van der Waals surface area contributed by atoms with Gasteiger partial charge in [0.25, 0.3) is 5.91 Å². The van der Waals surface area contributed by atoms with Crippen LogP contribution < -0.4 is 4.74 Å². The molecule has 35 heavy (non-hydrogen) atoms. The molecule has 4 aromatic rings. The quantitative estimate of drug-likeness (QED) is 0.236. The summed E-state index contributed by atoms with van der Waals surface area (Å²) in [6.45, 7) is 0.138. The third-order valence-electron chi connectivity index (χ3n) is 5.52. The third kappa shape index (κ3) is 4.89. The molecule has 0 N–H and O–H groups in total. The number of hydrogen-bond acceptors (Lipinski definition) is 5. The summed E-state index contributed by atoms with van der Waals surface area (Å²) < 4.78 is 22.0. The number of thioether (sulfide) groups is 1. The van der Waals surface area contributed by atoms with Gasteiger partial charge in [0.15, 0.2) is 0 Å². The van der Waals surface area contributed by atoms with Crippen LogP contribution in [-0.4, -0.2) is 32.0 Å². The second-order valence-corrected chi connectivity index (χ2v) is 9.53. The van der Waals surface area contributed by atoms with Gasteiger partial charge in [0.2, 0.25) is 0 Å². The van der Waals surface area contributed by atoms with Gasteiger partial charge in [-0.05, 0) is 48.5 Å². The highest BCUT2D eigenvalue weighted by Crippen LogP contribution is 2.34. The molecular formula is C27H20FN3O2S2. The number of halogens is 1. The number of hydrogen-bond donors (Lipinski definition) is 0. The summed E-state index contributed by atoms with van der Waals surface area (Å²) in [5, 5.41) is 4.81. The zero-order valence-corrected chi connectivity index (χ0v) is 20.4. The second kappa shape index (κ2) is 9.85. The Bertz CT molecular complexity index is 1430. The summed E-state index contributed by atoms with van der Waals surface area (Å²) in [6.07, 6.45) is 3.72. The van der Waals surface area contributed by atoms with E-state index in [0.29, 0.717) is 20.5 Å². The molecule has 3 aromatic carbocycles. The summed E-state index contributed by atoms with van der Waals surface area (Å²) in [6, 6.07) is 23.8. The normalized spacial score (nSPS) is 14.7. The maximum Gasteiger partial charge on any atom is 0.265 e. The van der Waals surface area contributed by atoms with Crippen LogP contribution in [-0.2, 0) is 11.4 Å². The highest BCUT2D eigenvalue weighted by atomic mass is 32.2. The lowest BCUT2D eigenvalue weighted by Crippen LogP contribution is -2.22. The summed E-state index contributed by atoms with van der Waals surface area (Å²) in [4.78, 5) is 14.6. The first-order chi connectivity index (χ1) is 17.0. The summed E-state index contributed by atoms with van der Waals surface area (Å²) in [7, 11) is 1.67. The number of rotatable bonds is 6. The van der Waals surface area contributed by atoms with Gasteiger partial charge in [0.05, 0.1) is 16.3 Å². The molecule has 0 saturated carbocycles. The molecule has 174 valence electrons. The van der Waals surface area contributed by atoms with Gasteiger partial charge in [-0.3, -0.25) is 9.69 Å². The Morgan fingerprint density at radius 3 is 2.43 bits per heavy atom. The number of nitrogens with zero attached hydrogens (tertiary/aromatic N) is 3. The Morgan fingerprint density at radius 2 is 1.74 bits per heavy atom. The Hall–Kier alpha value is -3.75. The van der Waals surface area contributed by atoms with Crippen molar-refractivity contribution < 1.29 is 13.9 Å². The van der Waals surface area contributed by atoms with Crippen molar-refractivity contribution >= 4 is 40.3 Å². The van der Waals surface area contributed by atoms with Crippen LogP contribution >= 0.6 is 24.0 Å². The molecule has 1 aromatic heterocycles. The van der Waals surface area contributed by atoms with Crippen LogP contribution in [0, 0.1) is 5.82 Å². The molecule has 5 nitrogen and oxygen atoms in total. The van der Waals surface area contributed by atoms with Crippen LogP contribution in [0.5, 0.6) is 5.75 Å². The number of amides is 1. The lowest BCUT2D eigenvalue weighted by atomic mass is 10.1. The van der Waals surface area contributed by atoms with Crippen molar-refractivity contribution in [1.29, 1.82) is 0 Å². The summed E-state index contributed by atoms with van der Waals surface area (Å²) in [5.74, 6) is 0.195. The van der Waals surface area contributed by atoms with Crippen LogP contribution in [0.4, 0.5) is 4.39 Å². The van der Waals surface area contributed by atoms with E-state index >= 15 is 0 Å². The number of carbonyl (C=O) groups is 1. The standard InChI is InChI=1S/C27H20FN3O2S2/c1-30-26(32)24(35-27(30)34)15-20-16-31(21-8-3-2-4-9-21)29-25(20)18-11-13-22(14-12-18)33-17-19-7-5-6-10-23(19)28/h2-16H,17H2,1H3. The lowest BCUT2D eigenvalue weighted by molar-refractivity contribution is -0.121. The van der Waals surface area contributed by atoms with Crippen LogP contribution in [0.3, 0.4) is 0 Å². The molecule has 0 aliphatic carbocycles. The monoisotopic (exact) mass is 501 g/mol. The number of benzene rings is 3. The first-order valence-corrected chi connectivity index (χ1v) is 12.1. The van der Waals surface area contributed by atoms with E-state index in [2.05, 4.69) is 0 Å². The van der Waals surface area contributed by atoms with E-state index in [0.717, 1.165) is 22.5 Å². The number of aromatic nitrogens is 2. The van der Waals surface area contributed by atoms with Crippen molar-refractivity contribution in [3.05, 3.63) is 107 Å². The van der Waals surface area contributed by atoms with Crippen molar-refractivity contribution in [2.75, 3.05) is 7.05 Å². The highest BCUT2D eigenvalue weighted by molar-refractivity contribution is 8.26. The highest BCUT2D eigenvalue weighted by Gasteiger charge is 2.29. The Balaban J connectivity index is 1.46. The molecule has 8 heteroatoms. The predicted octanol–water partition coefficient (Wildman–Crippen LogP) is 6.09. The van der Waals surface area contributed by atoms with Gasteiger partial charge in [-0.1, -0.05) is 60.4 Å². The Morgan fingerprint density at radius 1 is 1.03 bits per heavy atom. The molecule has 1 amide bonds. The van der Waals surface area contributed by atoms with Crippen molar-refractivity contribution in [3.8, 4) is 22.7 Å². The minimum atomic E-state index is -0.294. The summed E-state index contributed by atoms with van der Waals surface area (Å²) >= 11 is 6.55. The SMILES string of the molecule is CN1C(=O)C(=Cc2cn(-c3ccccc3)nc2-c2ccc(OCc3ccccc3F)cc2)SC1=S. The zero-order chi connectivity index (χ0) is 24.4. The van der Waals surface area contributed by atoms with Gasteiger partial charge in [-0.2, -0.15) is 5.10 Å². The van der Waals surface area contributed by atoms with E-state index in [-0.39, 0.29) is 18.3 Å². The molecule has 0 atom stereocenters. The largest absolute Gasteiger partial charge is 0.489 e. The van der Waals surface area contributed by atoms with E-state index < -0.39 is 0 Å². The number of para-hydroxylation sites is 1. The smallest absolute Gasteiger partial charge is 0.265 e. The van der Waals surface area contributed by atoms with E-state index in [9.17, 15) is 9.18 Å². The Kier molecular flexibility index (Phi) is 6.48. The molecule has 0 radical (unpaired) electrons. The Labute approximate surface area is 211 Å². The van der Waals surface area contributed by atoms with Gasteiger partial charge in [-0.15, -0.1) is 0 Å². The fourth-order valence-electron chi connectivity index (χ4n) is 3.60. The van der Waals surface area contributed by atoms with Crippen LogP contribution in [0.2, 0.25) is 0 Å². The van der Waals surface area contributed by atoms with E-state index in [1.807, 2.05) is 66.9 Å². The first kappa shape index (κ1) is 23.0. The topological polar surface area (TPSA) is 47.4 Å². The molecule has 5 rings (SSSR count). The number of ether oxygens (including phenoxy) is 1. The summed E-state index contributed by atoms with van der Waals surface area (Å²) in [5.41, 5.74) is 3.77. The molecule has 1 aliphatic heterocycles. The fraction of sp³-hybridized carbons (Fsp3) is 0.0741. The fourth-order valence-corrected chi connectivity index (χ4v) is 4.77. The van der Waals surface area contributed by atoms with E-state index in [1.165, 1.54) is 22.7 Å². The van der Waals surface area contributed by atoms with E-state index in [4.69, 9.17) is 22.1 Å². The lowest BCUT2D eigenvalue weighted by Gasteiger charge is -2.08. The molecule has 2 heterocycles. The number of likely N-dealkylation sites (N-methyl/N-ethyl adjacent to an activating group) is 1. The van der Waals surface area contributed by atoms with Crippen molar-refractivity contribution in [1.82, 2.24) is 14.7 Å². The average Bonchev–Trinajstić information content (AvgIpc) is 3.41. The predicted molar refractivity (Wildman–Crippen MR) is 141 cm³/mol. The molecule has 0 unspecified atom stereocenters. The van der Waals surface area contributed by atoms with Crippen molar-refractivity contribution in [3.63, 3.8) is 0 Å². The zero-order valence-electron chi connectivity index (χ0n) is 18.7. The minimum absolute atomic E-state index is 0.129. The van der Waals surface area contributed by atoms with Crippen LogP contribution in [0.1, 0.15) is 11.1 Å². The number of carbonyl (C=O) groups excluding carboxylic acids is 1. The maximum atomic E-state index is 13.9. The van der Waals surface area contributed by atoms with Gasteiger partial charge >= 0.3 is 0 Å².